The number of halogens is 1. The van der Waals surface area contributed by atoms with Crippen molar-refractivity contribution in [2.24, 2.45) is 0 Å². The Morgan fingerprint density at radius 2 is 1.96 bits per heavy atom. The Morgan fingerprint density at radius 1 is 1.15 bits per heavy atom. The van der Waals surface area contributed by atoms with Gasteiger partial charge in [-0.1, -0.05) is 11.6 Å². The Balaban J connectivity index is 1.68. The van der Waals surface area contributed by atoms with Crippen LogP contribution in [0.1, 0.15) is 0 Å². The SMILES string of the molecule is CS(=O)(=O)Nc1ccc(-c2cc(-c3ccnc4c3OCCO4)cs2)c(Cl)c1. The highest BCUT2D eigenvalue weighted by atomic mass is 35.5. The fourth-order valence-corrected chi connectivity index (χ4v) is 4.63. The molecule has 0 fully saturated rings. The van der Waals surface area contributed by atoms with Crippen molar-refractivity contribution >= 4 is 38.6 Å². The van der Waals surface area contributed by atoms with Crippen LogP contribution in [0.5, 0.6) is 11.6 Å². The summed E-state index contributed by atoms with van der Waals surface area (Å²) in [7, 11) is -3.35. The number of anilines is 1. The second kappa shape index (κ2) is 7.03. The minimum absolute atomic E-state index is 0.428. The fraction of sp³-hybridized carbons (Fsp3) is 0.167. The summed E-state index contributed by atoms with van der Waals surface area (Å²) >= 11 is 7.92. The number of rotatable bonds is 4. The zero-order chi connectivity index (χ0) is 19.0. The highest BCUT2D eigenvalue weighted by Gasteiger charge is 2.19. The van der Waals surface area contributed by atoms with Crippen molar-refractivity contribution in [3.05, 3.63) is 46.9 Å². The zero-order valence-electron chi connectivity index (χ0n) is 14.2. The largest absolute Gasteiger partial charge is 0.484 e. The van der Waals surface area contributed by atoms with Gasteiger partial charge in [0.15, 0.2) is 5.75 Å². The number of thiophene rings is 1. The monoisotopic (exact) mass is 422 g/mol. The number of pyridine rings is 1. The van der Waals surface area contributed by atoms with Crippen LogP contribution < -0.4 is 14.2 Å². The molecule has 0 spiro atoms. The van der Waals surface area contributed by atoms with E-state index in [1.165, 1.54) is 0 Å². The molecule has 0 unspecified atom stereocenters. The van der Waals surface area contributed by atoms with E-state index in [9.17, 15) is 8.42 Å². The number of nitrogens with one attached hydrogen (secondary N) is 1. The lowest BCUT2D eigenvalue weighted by Crippen LogP contribution is -2.16. The van der Waals surface area contributed by atoms with Crippen LogP contribution in [0.15, 0.2) is 41.9 Å². The molecule has 6 nitrogen and oxygen atoms in total. The number of nitrogens with zero attached hydrogens (tertiary/aromatic N) is 1. The maximum Gasteiger partial charge on any atom is 0.257 e. The smallest absolute Gasteiger partial charge is 0.257 e. The first kappa shape index (κ1) is 18.1. The molecule has 140 valence electrons. The molecule has 0 amide bonds. The molecule has 9 heteroatoms. The first-order valence-electron chi connectivity index (χ1n) is 8.02. The van der Waals surface area contributed by atoms with Gasteiger partial charge in [-0.15, -0.1) is 11.3 Å². The van der Waals surface area contributed by atoms with Gasteiger partial charge in [0.1, 0.15) is 13.2 Å². The first-order valence-corrected chi connectivity index (χ1v) is 11.2. The van der Waals surface area contributed by atoms with Gasteiger partial charge in [-0.05, 0) is 41.3 Å². The van der Waals surface area contributed by atoms with Crippen LogP contribution in [0.2, 0.25) is 5.02 Å². The van der Waals surface area contributed by atoms with E-state index in [0.29, 0.717) is 35.6 Å². The average molecular weight is 423 g/mol. The Bertz CT molecular complexity index is 1110. The molecule has 2 aromatic heterocycles. The van der Waals surface area contributed by atoms with Gasteiger partial charge in [-0.3, -0.25) is 4.72 Å². The second-order valence-electron chi connectivity index (χ2n) is 5.96. The Morgan fingerprint density at radius 3 is 2.74 bits per heavy atom. The first-order chi connectivity index (χ1) is 12.9. The fourth-order valence-electron chi connectivity index (χ4n) is 2.79. The van der Waals surface area contributed by atoms with Crippen LogP contribution in [-0.2, 0) is 10.0 Å². The van der Waals surface area contributed by atoms with Gasteiger partial charge in [0.05, 0.1) is 11.3 Å². The molecule has 1 aromatic carbocycles. The third-order valence-electron chi connectivity index (χ3n) is 3.89. The number of fused-ring (bicyclic) bond motifs is 1. The molecule has 0 bridgehead atoms. The van der Waals surface area contributed by atoms with Gasteiger partial charge >= 0.3 is 0 Å². The lowest BCUT2D eigenvalue weighted by atomic mass is 10.1. The third kappa shape index (κ3) is 3.87. The number of sulfonamides is 1. The number of ether oxygens (including phenoxy) is 2. The van der Waals surface area contributed by atoms with E-state index < -0.39 is 10.0 Å². The molecule has 27 heavy (non-hydrogen) atoms. The maximum absolute atomic E-state index is 11.4. The minimum atomic E-state index is -3.35. The molecule has 0 aliphatic carbocycles. The van der Waals surface area contributed by atoms with Crippen molar-refractivity contribution in [3.8, 4) is 33.2 Å². The van der Waals surface area contributed by atoms with Crippen LogP contribution in [0, 0.1) is 0 Å². The van der Waals surface area contributed by atoms with Gasteiger partial charge in [-0.2, -0.15) is 0 Å². The van der Waals surface area contributed by atoms with Crippen molar-refractivity contribution in [1.29, 1.82) is 0 Å². The average Bonchev–Trinajstić information content (AvgIpc) is 3.09. The van der Waals surface area contributed by atoms with E-state index in [2.05, 4.69) is 9.71 Å². The van der Waals surface area contributed by atoms with Crippen molar-refractivity contribution < 1.29 is 17.9 Å². The van der Waals surface area contributed by atoms with E-state index in [-0.39, 0.29) is 0 Å². The van der Waals surface area contributed by atoms with E-state index in [1.54, 1.807) is 35.7 Å². The molecule has 1 aliphatic heterocycles. The van der Waals surface area contributed by atoms with E-state index >= 15 is 0 Å². The van der Waals surface area contributed by atoms with Gasteiger partial charge in [-0.25, -0.2) is 13.4 Å². The molecule has 3 heterocycles. The highest BCUT2D eigenvalue weighted by molar-refractivity contribution is 7.92. The predicted molar refractivity (Wildman–Crippen MR) is 107 cm³/mol. The predicted octanol–water partition coefficient (Wildman–Crippen LogP) is 4.27. The van der Waals surface area contributed by atoms with Crippen LogP contribution in [0.25, 0.3) is 21.6 Å². The van der Waals surface area contributed by atoms with Crippen molar-refractivity contribution in [1.82, 2.24) is 4.98 Å². The maximum atomic E-state index is 11.4. The molecular formula is C18H15ClN2O4S2. The third-order valence-corrected chi connectivity index (χ3v) is 5.77. The molecule has 3 aromatic rings. The molecule has 4 rings (SSSR count). The number of aromatic nitrogens is 1. The van der Waals surface area contributed by atoms with Crippen LogP contribution in [0.3, 0.4) is 0 Å². The number of hydrogen-bond donors (Lipinski definition) is 1. The summed E-state index contributed by atoms with van der Waals surface area (Å²) in [6.07, 6.45) is 2.79. The van der Waals surface area contributed by atoms with E-state index in [0.717, 1.165) is 27.8 Å². The van der Waals surface area contributed by atoms with Crippen LogP contribution >= 0.6 is 22.9 Å². The molecule has 1 N–H and O–H groups in total. The standard InChI is InChI=1S/C18H15ClN2O4S2/c1-27(22,23)21-12-2-3-14(15(19)9-12)16-8-11(10-26-16)13-4-5-20-18-17(13)24-6-7-25-18/h2-5,8-10,21H,6-7H2,1H3. The summed E-state index contributed by atoms with van der Waals surface area (Å²) in [4.78, 5) is 5.16. The topological polar surface area (TPSA) is 77.5 Å². The van der Waals surface area contributed by atoms with Gasteiger partial charge in [0.25, 0.3) is 5.88 Å². The lowest BCUT2D eigenvalue weighted by Gasteiger charge is -2.19. The molecular weight excluding hydrogens is 408 g/mol. The van der Waals surface area contributed by atoms with Gasteiger partial charge in [0.2, 0.25) is 10.0 Å². The summed E-state index contributed by atoms with van der Waals surface area (Å²) in [5.74, 6) is 1.15. The Kier molecular flexibility index (Phi) is 4.71. The summed E-state index contributed by atoms with van der Waals surface area (Å²) in [5, 5.41) is 2.48. The summed E-state index contributed by atoms with van der Waals surface area (Å²) < 4.78 is 36.4. The summed E-state index contributed by atoms with van der Waals surface area (Å²) in [6.45, 7) is 0.977. The zero-order valence-corrected chi connectivity index (χ0v) is 16.6. The highest BCUT2D eigenvalue weighted by Crippen LogP contribution is 2.42. The Labute approximate surface area is 165 Å². The van der Waals surface area contributed by atoms with Crippen molar-refractivity contribution in [3.63, 3.8) is 0 Å². The van der Waals surface area contributed by atoms with E-state index in [1.807, 2.05) is 17.5 Å². The summed E-state index contributed by atoms with van der Waals surface area (Å²) in [5.41, 5.74) is 3.14. The molecule has 0 atom stereocenters. The minimum Gasteiger partial charge on any atom is -0.484 e. The van der Waals surface area contributed by atoms with Gasteiger partial charge < -0.3 is 9.47 Å². The normalized spacial score (nSPS) is 13.4. The molecule has 0 saturated heterocycles. The van der Waals surface area contributed by atoms with Crippen LogP contribution in [0.4, 0.5) is 5.69 Å². The second-order valence-corrected chi connectivity index (χ2v) is 9.03. The van der Waals surface area contributed by atoms with Crippen LogP contribution in [-0.4, -0.2) is 32.9 Å². The van der Waals surface area contributed by atoms with Crippen molar-refractivity contribution in [2.45, 2.75) is 0 Å². The number of benzene rings is 1. The lowest BCUT2D eigenvalue weighted by molar-refractivity contribution is 0.165. The molecule has 1 aliphatic rings. The molecule has 0 radical (unpaired) electrons. The summed E-state index contributed by atoms with van der Waals surface area (Å²) in [6, 6.07) is 8.99. The van der Waals surface area contributed by atoms with Crippen molar-refractivity contribution in [2.75, 3.05) is 24.2 Å². The van der Waals surface area contributed by atoms with Gasteiger partial charge in [0, 0.05) is 27.9 Å². The van der Waals surface area contributed by atoms with E-state index in [4.69, 9.17) is 21.1 Å². The molecule has 0 saturated carbocycles. The Hall–Kier alpha value is -2.29. The quantitative estimate of drug-likeness (QED) is 0.679. The number of hydrogen-bond acceptors (Lipinski definition) is 6.